The largest absolute Gasteiger partial charge is 0.299 e. The quantitative estimate of drug-likeness (QED) is 0.812. The lowest BCUT2D eigenvalue weighted by Crippen LogP contribution is -2.00. The van der Waals surface area contributed by atoms with E-state index in [9.17, 15) is 0 Å². The van der Waals surface area contributed by atoms with Crippen LogP contribution in [0.4, 0.5) is 0 Å². The summed E-state index contributed by atoms with van der Waals surface area (Å²) >= 11 is 7.08. The van der Waals surface area contributed by atoms with Crippen LogP contribution in [0.25, 0.3) is 10.7 Å². The van der Waals surface area contributed by atoms with Crippen molar-refractivity contribution in [3.05, 3.63) is 15.5 Å². The smallest absolute Gasteiger partial charge is 0.195 e. The van der Waals surface area contributed by atoms with E-state index in [0.29, 0.717) is 10.7 Å². The molecule has 4 nitrogen and oxygen atoms in total. The molecule has 0 aliphatic heterocycles. The van der Waals surface area contributed by atoms with E-state index >= 15 is 0 Å². The van der Waals surface area contributed by atoms with Gasteiger partial charge in [-0.05, 0) is 31.0 Å². The van der Waals surface area contributed by atoms with Gasteiger partial charge in [-0.1, -0.05) is 27.7 Å². The zero-order valence-corrected chi connectivity index (χ0v) is 14.2. The molecule has 0 radical (unpaired) electrons. The molecule has 0 aliphatic rings. The first-order valence-electron chi connectivity index (χ1n) is 7.20. The number of nitrogens with zero attached hydrogens (tertiary/aromatic N) is 3. The topological polar surface area (TPSA) is 46.5 Å². The SMILES string of the molecule is CCCn1c(-c2sc(CC(C)C)nc2CC)n[nH]c1=S. The molecule has 0 saturated heterocycles. The van der Waals surface area contributed by atoms with Crippen LogP contribution in [-0.2, 0) is 19.4 Å². The van der Waals surface area contributed by atoms with Crippen LogP contribution in [0.15, 0.2) is 0 Å². The minimum Gasteiger partial charge on any atom is -0.299 e. The maximum atomic E-state index is 5.32. The third-order valence-electron chi connectivity index (χ3n) is 3.07. The van der Waals surface area contributed by atoms with Crippen molar-refractivity contribution in [3.63, 3.8) is 0 Å². The van der Waals surface area contributed by atoms with E-state index in [2.05, 4.69) is 42.5 Å². The van der Waals surface area contributed by atoms with Gasteiger partial charge in [0.1, 0.15) is 0 Å². The second-order valence-corrected chi connectivity index (χ2v) is 6.81. The second kappa shape index (κ2) is 6.63. The summed E-state index contributed by atoms with van der Waals surface area (Å²) in [7, 11) is 0. The minimum absolute atomic E-state index is 0.621. The summed E-state index contributed by atoms with van der Waals surface area (Å²) in [6.45, 7) is 9.63. The third kappa shape index (κ3) is 3.17. The Morgan fingerprint density at radius 3 is 2.70 bits per heavy atom. The Morgan fingerprint density at radius 2 is 2.10 bits per heavy atom. The lowest BCUT2D eigenvalue weighted by Gasteiger charge is -2.03. The van der Waals surface area contributed by atoms with Crippen molar-refractivity contribution in [2.24, 2.45) is 5.92 Å². The number of nitrogens with one attached hydrogen (secondary N) is 1. The Labute approximate surface area is 129 Å². The number of H-pyrrole nitrogens is 1. The average Bonchev–Trinajstić information content (AvgIpc) is 2.94. The van der Waals surface area contributed by atoms with Crippen LogP contribution in [0, 0.1) is 10.7 Å². The molecule has 0 spiro atoms. The number of thiazole rings is 1. The zero-order valence-electron chi connectivity index (χ0n) is 12.6. The Hall–Kier alpha value is -1.01. The molecule has 0 saturated carbocycles. The average molecular weight is 310 g/mol. The van der Waals surface area contributed by atoms with Gasteiger partial charge in [-0.2, -0.15) is 5.10 Å². The fourth-order valence-electron chi connectivity index (χ4n) is 2.17. The van der Waals surface area contributed by atoms with Gasteiger partial charge in [0.25, 0.3) is 0 Å². The first kappa shape index (κ1) is 15.4. The predicted octanol–water partition coefficient (Wildman–Crippen LogP) is 4.24. The molecule has 0 aliphatic carbocycles. The summed E-state index contributed by atoms with van der Waals surface area (Å²) in [5.41, 5.74) is 1.14. The Bertz CT molecular complexity index is 621. The zero-order chi connectivity index (χ0) is 14.7. The van der Waals surface area contributed by atoms with Crippen LogP contribution >= 0.6 is 23.6 Å². The number of rotatable bonds is 6. The molecule has 0 bridgehead atoms. The van der Waals surface area contributed by atoms with Gasteiger partial charge in [-0.25, -0.2) is 4.98 Å². The first-order valence-corrected chi connectivity index (χ1v) is 8.43. The summed E-state index contributed by atoms with van der Waals surface area (Å²) in [5, 5.41) is 8.54. The molecular weight excluding hydrogens is 288 g/mol. The van der Waals surface area contributed by atoms with Crippen LogP contribution in [0.1, 0.15) is 44.8 Å². The predicted molar refractivity (Wildman–Crippen MR) is 86.7 cm³/mol. The molecule has 2 aromatic heterocycles. The van der Waals surface area contributed by atoms with E-state index in [-0.39, 0.29) is 0 Å². The van der Waals surface area contributed by atoms with E-state index in [1.807, 2.05) is 0 Å². The van der Waals surface area contributed by atoms with Crippen LogP contribution < -0.4 is 0 Å². The second-order valence-electron chi connectivity index (χ2n) is 5.34. The third-order valence-corrected chi connectivity index (χ3v) is 4.50. The monoisotopic (exact) mass is 310 g/mol. The van der Waals surface area contributed by atoms with Crippen molar-refractivity contribution in [1.82, 2.24) is 19.7 Å². The van der Waals surface area contributed by atoms with E-state index in [1.54, 1.807) is 11.3 Å². The van der Waals surface area contributed by atoms with E-state index in [1.165, 1.54) is 9.88 Å². The molecule has 2 aromatic rings. The first-order chi connectivity index (χ1) is 9.56. The summed E-state index contributed by atoms with van der Waals surface area (Å²) in [6.07, 6.45) is 2.99. The normalized spacial score (nSPS) is 11.4. The van der Waals surface area contributed by atoms with Gasteiger partial charge in [0.15, 0.2) is 10.6 Å². The summed E-state index contributed by atoms with van der Waals surface area (Å²) in [5.74, 6) is 1.57. The van der Waals surface area contributed by atoms with Gasteiger partial charge in [-0.15, -0.1) is 11.3 Å². The fraction of sp³-hybridized carbons (Fsp3) is 0.643. The van der Waals surface area contributed by atoms with Crippen LogP contribution in [-0.4, -0.2) is 19.7 Å². The Kier molecular flexibility index (Phi) is 5.10. The number of hydrogen-bond acceptors (Lipinski definition) is 4. The van der Waals surface area contributed by atoms with Crippen LogP contribution in [0.2, 0.25) is 0 Å². The number of hydrogen-bond donors (Lipinski definition) is 1. The van der Waals surface area contributed by atoms with E-state index in [4.69, 9.17) is 17.2 Å². The molecule has 2 rings (SSSR count). The van der Waals surface area contributed by atoms with Gasteiger partial charge < -0.3 is 0 Å². The standard InChI is InChI=1S/C14H22N4S2/c1-5-7-18-13(16-17-14(18)19)12-10(6-2)15-11(20-12)8-9(3)4/h9H,5-8H2,1-4H3,(H,17,19). The fourth-order valence-corrected chi connectivity index (χ4v) is 3.76. The van der Waals surface area contributed by atoms with Gasteiger partial charge >= 0.3 is 0 Å². The van der Waals surface area contributed by atoms with E-state index in [0.717, 1.165) is 37.3 Å². The molecule has 2 heterocycles. The number of aromatic amines is 1. The van der Waals surface area contributed by atoms with Crippen molar-refractivity contribution >= 4 is 23.6 Å². The van der Waals surface area contributed by atoms with Crippen molar-refractivity contribution in [3.8, 4) is 10.7 Å². The van der Waals surface area contributed by atoms with Crippen LogP contribution in [0.3, 0.4) is 0 Å². The molecular formula is C14H22N4S2. The van der Waals surface area contributed by atoms with Gasteiger partial charge in [0.2, 0.25) is 0 Å². The lowest BCUT2D eigenvalue weighted by atomic mass is 10.1. The van der Waals surface area contributed by atoms with Crippen molar-refractivity contribution in [2.75, 3.05) is 0 Å². The highest BCUT2D eigenvalue weighted by molar-refractivity contribution is 7.71. The van der Waals surface area contributed by atoms with Gasteiger partial charge in [-0.3, -0.25) is 9.67 Å². The highest BCUT2D eigenvalue weighted by Gasteiger charge is 2.17. The highest BCUT2D eigenvalue weighted by Crippen LogP contribution is 2.31. The Balaban J connectivity index is 2.46. The highest BCUT2D eigenvalue weighted by atomic mass is 32.1. The molecule has 0 aromatic carbocycles. The molecule has 0 amide bonds. The van der Waals surface area contributed by atoms with Crippen LogP contribution in [0.5, 0.6) is 0 Å². The van der Waals surface area contributed by atoms with Crippen molar-refractivity contribution in [2.45, 2.75) is 53.5 Å². The van der Waals surface area contributed by atoms with E-state index < -0.39 is 0 Å². The molecule has 0 fully saturated rings. The molecule has 1 N–H and O–H groups in total. The summed E-state index contributed by atoms with van der Waals surface area (Å²) in [6, 6.07) is 0. The molecule has 110 valence electrons. The van der Waals surface area contributed by atoms with Crippen molar-refractivity contribution < 1.29 is 0 Å². The number of aromatic nitrogens is 4. The molecule has 6 heteroatoms. The molecule has 0 unspecified atom stereocenters. The number of aryl methyl sites for hydroxylation is 1. The molecule has 20 heavy (non-hydrogen) atoms. The van der Waals surface area contributed by atoms with Gasteiger partial charge in [0.05, 0.1) is 15.6 Å². The van der Waals surface area contributed by atoms with Gasteiger partial charge in [0, 0.05) is 13.0 Å². The minimum atomic E-state index is 0.621. The Morgan fingerprint density at radius 1 is 1.35 bits per heavy atom. The van der Waals surface area contributed by atoms with Crippen molar-refractivity contribution in [1.29, 1.82) is 0 Å². The summed E-state index contributed by atoms with van der Waals surface area (Å²) in [4.78, 5) is 5.94. The maximum absolute atomic E-state index is 5.32. The molecule has 0 atom stereocenters. The maximum Gasteiger partial charge on any atom is 0.195 e. The summed E-state index contributed by atoms with van der Waals surface area (Å²) < 4.78 is 2.78. The lowest BCUT2D eigenvalue weighted by molar-refractivity contribution is 0.643.